The molecule has 186 valence electrons. The first kappa shape index (κ1) is 24.2. The van der Waals surface area contributed by atoms with Crippen LogP contribution >= 0.6 is 12.1 Å². The lowest BCUT2D eigenvalue weighted by molar-refractivity contribution is 0.585. The summed E-state index contributed by atoms with van der Waals surface area (Å²) in [6, 6.07) is 13.2. The third-order valence-electron chi connectivity index (χ3n) is 6.15. The van der Waals surface area contributed by atoms with Gasteiger partial charge in [-0.2, -0.15) is 5.10 Å². The molecule has 0 aliphatic carbocycles. The van der Waals surface area contributed by atoms with Gasteiger partial charge in [-0.25, -0.2) is 18.4 Å². The van der Waals surface area contributed by atoms with Gasteiger partial charge in [0.1, 0.15) is 11.5 Å². The van der Waals surface area contributed by atoms with Gasteiger partial charge in [0.25, 0.3) is 0 Å². The van der Waals surface area contributed by atoms with Crippen LogP contribution in [0.2, 0.25) is 0 Å². The summed E-state index contributed by atoms with van der Waals surface area (Å²) in [6.45, 7) is 6.64. The number of pyridine rings is 2. The fourth-order valence-electron chi connectivity index (χ4n) is 4.03. The van der Waals surface area contributed by atoms with Gasteiger partial charge in [0.2, 0.25) is 0 Å². The summed E-state index contributed by atoms with van der Waals surface area (Å²) >= 11 is 1.36. The van der Waals surface area contributed by atoms with E-state index in [0.717, 1.165) is 49.8 Å². The van der Waals surface area contributed by atoms with E-state index in [1.54, 1.807) is 29.2 Å². The zero-order valence-electron chi connectivity index (χ0n) is 20.4. The van der Waals surface area contributed by atoms with Crippen LogP contribution in [0.25, 0.3) is 28.1 Å². The first-order chi connectivity index (χ1) is 17.6. The summed E-state index contributed by atoms with van der Waals surface area (Å²) in [6.07, 6.45) is 7.11. The highest BCUT2D eigenvalue weighted by molar-refractivity contribution is 7.98. The Bertz CT molecular complexity index is 1290. The molecule has 1 aliphatic heterocycles. The number of aromatic nitrogens is 4. The molecule has 0 unspecified atom stereocenters. The summed E-state index contributed by atoms with van der Waals surface area (Å²) in [4.78, 5) is 11.1. The van der Waals surface area contributed by atoms with Gasteiger partial charge in [0.05, 0.1) is 17.6 Å². The average Bonchev–Trinajstić information content (AvgIpc) is 3.38. The van der Waals surface area contributed by atoms with Gasteiger partial charge in [0, 0.05) is 80.1 Å². The zero-order valence-corrected chi connectivity index (χ0v) is 21.2. The molecule has 4 aromatic rings. The number of anilines is 2. The highest BCUT2D eigenvalue weighted by Gasteiger charge is 2.20. The molecule has 3 aromatic heterocycles. The SMILES string of the molecule is CCN(C)SNc1cccc(-c2cn(-c3ccc(N4CCNCC4)nc3)nc2-c2ccncc2)c1F. The van der Waals surface area contributed by atoms with Gasteiger partial charge >= 0.3 is 0 Å². The molecule has 0 saturated carbocycles. The van der Waals surface area contributed by atoms with E-state index in [0.29, 0.717) is 22.5 Å². The van der Waals surface area contributed by atoms with E-state index in [-0.39, 0.29) is 5.82 Å². The van der Waals surface area contributed by atoms with E-state index in [2.05, 4.69) is 24.9 Å². The Hall–Kier alpha value is -3.47. The summed E-state index contributed by atoms with van der Waals surface area (Å²) < 4.78 is 22.6. The van der Waals surface area contributed by atoms with Crippen LogP contribution < -0.4 is 14.9 Å². The second-order valence-electron chi connectivity index (χ2n) is 8.49. The third kappa shape index (κ3) is 5.20. The maximum atomic E-state index is 15.7. The van der Waals surface area contributed by atoms with E-state index in [1.807, 2.05) is 61.0 Å². The topological polar surface area (TPSA) is 74.1 Å². The number of hydrogen-bond donors (Lipinski definition) is 2. The second-order valence-corrected chi connectivity index (χ2v) is 9.50. The number of hydrogen-bond acceptors (Lipinski definition) is 8. The van der Waals surface area contributed by atoms with Gasteiger partial charge in [-0.3, -0.25) is 4.98 Å². The second kappa shape index (κ2) is 11.1. The molecule has 5 rings (SSSR count). The molecule has 4 heterocycles. The van der Waals surface area contributed by atoms with Crippen LogP contribution in [0.5, 0.6) is 0 Å². The van der Waals surface area contributed by atoms with E-state index in [4.69, 9.17) is 5.10 Å². The molecule has 1 saturated heterocycles. The van der Waals surface area contributed by atoms with Gasteiger partial charge in [-0.1, -0.05) is 19.1 Å². The molecule has 0 radical (unpaired) electrons. The Morgan fingerprint density at radius 2 is 1.89 bits per heavy atom. The van der Waals surface area contributed by atoms with Gasteiger partial charge in [-0.15, -0.1) is 0 Å². The van der Waals surface area contributed by atoms with Crippen LogP contribution in [0.3, 0.4) is 0 Å². The highest BCUT2D eigenvalue weighted by Crippen LogP contribution is 2.36. The van der Waals surface area contributed by atoms with Crippen LogP contribution in [0.1, 0.15) is 6.92 Å². The minimum absolute atomic E-state index is 0.323. The molecule has 2 N–H and O–H groups in total. The largest absolute Gasteiger partial charge is 0.354 e. The summed E-state index contributed by atoms with van der Waals surface area (Å²) in [7, 11) is 1.95. The van der Waals surface area contributed by atoms with E-state index in [9.17, 15) is 0 Å². The molecular formula is C26H29FN8S. The van der Waals surface area contributed by atoms with Crippen molar-refractivity contribution in [2.45, 2.75) is 6.92 Å². The molecule has 0 atom stereocenters. The van der Waals surface area contributed by atoms with E-state index in [1.165, 1.54) is 12.1 Å². The van der Waals surface area contributed by atoms with Crippen LogP contribution in [0.4, 0.5) is 15.9 Å². The summed E-state index contributed by atoms with van der Waals surface area (Å²) in [5, 5.41) is 8.21. The Labute approximate surface area is 214 Å². The summed E-state index contributed by atoms with van der Waals surface area (Å²) in [5.74, 6) is 0.623. The smallest absolute Gasteiger partial charge is 0.155 e. The van der Waals surface area contributed by atoms with Crippen molar-refractivity contribution in [1.29, 1.82) is 0 Å². The quantitative estimate of drug-likeness (QED) is 0.341. The Kier molecular flexibility index (Phi) is 7.45. The van der Waals surface area contributed by atoms with Gasteiger partial charge in [0.15, 0.2) is 5.82 Å². The monoisotopic (exact) mass is 504 g/mol. The fraction of sp³-hybridized carbons (Fsp3) is 0.269. The molecule has 36 heavy (non-hydrogen) atoms. The molecule has 8 nitrogen and oxygen atoms in total. The van der Waals surface area contributed by atoms with Gasteiger partial charge < -0.3 is 14.9 Å². The van der Waals surface area contributed by atoms with Gasteiger partial charge in [-0.05, 0) is 37.4 Å². The van der Waals surface area contributed by atoms with E-state index >= 15 is 4.39 Å². The molecule has 1 aliphatic rings. The van der Waals surface area contributed by atoms with Crippen LogP contribution in [0.15, 0.2) is 67.3 Å². The lowest BCUT2D eigenvalue weighted by Gasteiger charge is -2.28. The number of benzene rings is 1. The Balaban J connectivity index is 1.52. The molecule has 1 aromatic carbocycles. The molecule has 10 heteroatoms. The van der Waals surface area contributed by atoms with Crippen molar-refractivity contribution in [2.24, 2.45) is 0 Å². The minimum atomic E-state index is -0.323. The maximum Gasteiger partial charge on any atom is 0.155 e. The van der Waals surface area contributed by atoms with Crippen molar-refractivity contribution < 1.29 is 4.39 Å². The van der Waals surface area contributed by atoms with Crippen molar-refractivity contribution in [3.8, 4) is 28.1 Å². The fourth-order valence-corrected chi connectivity index (χ4v) is 4.57. The Morgan fingerprint density at radius 3 is 2.61 bits per heavy atom. The summed E-state index contributed by atoms with van der Waals surface area (Å²) in [5.41, 5.74) is 3.95. The van der Waals surface area contributed by atoms with Crippen molar-refractivity contribution in [3.05, 3.63) is 73.1 Å². The zero-order chi connectivity index (χ0) is 24.9. The average molecular weight is 505 g/mol. The van der Waals surface area contributed by atoms with E-state index < -0.39 is 0 Å². The predicted octanol–water partition coefficient (Wildman–Crippen LogP) is 4.47. The van der Waals surface area contributed by atoms with Crippen molar-refractivity contribution in [2.75, 3.05) is 49.4 Å². The molecule has 0 bridgehead atoms. The van der Waals surface area contributed by atoms with Crippen molar-refractivity contribution in [1.82, 2.24) is 29.4 Å². The maximum absolute atomic E-state index is 15.7. The number of nitrogens with one attached hydrogen (secondary N) is 2. The van der Waals surface area contributed by atoms with Crippen molar-refractivity contribution in [3.63, 3.8) is 0 Å². The normalized spacial score (nSPS) is 13.8. The minimum Gasteiger partial charge on any atom is -0.354 e. The van der Waals surface area contributed by atoms with Crippen LogP contribution in [-0.4, -0.2) is 63.8 Å². The lowest BCUT2D eigenvalue weighted by atomic mass is 10.0. The van der Waals surface area contributed by atoms with Crippen LogP contribution in [0, 0.1) is 5.82 Å². The Morgan fingerprint density at radius 1 is 1.08 bits per heavy atom. The number of rotatable bonds is 8. The highest BCUT2D eigenvalue weighted by atomic mass is 32.2. The molecule has 0 spiro atoms. The first-order valence-corrected chi connectivity index (χ1v) is 12.8. The number of piperazine rings is 1. The predicted molar refractivity (Wildman–Crippen MR) is 145 cm³/mol. The van der Waals surface area contributed by atoms with Crippen LogP contribution in [-0.2, 0) is 0 Å². The third-order valence-corrected chi connectivity index (χ3v) is 7.03. The first-order valence-electron chi connectivity index (χ1n) is 12.0. The standard InChI is InChI=1S/C26H29FN8S/c1-3-33(2)36-32-23-6-4-5-21(25(23)27)22-18-35(31-26(22)19-9-11-28-12-10-19)20-7-8-24(30-17-20)34-15-13-29-14-16-34/h4-12,17-18,29,32H,3,13-16H2,1-2H3. The number of halogens is 1. The van der Waals surface area contributed by atoms with Crippen molar-refractivity contribution >= 4 is 23.6 Å². The lowest BCUT2D eigenvalue weighted by Crippen LogP contribution is -2.43. The molecular weight excluding hydrogens is 475 g/mol. The molecule has 1 fully saturated rings. The number of nitrogens with zero attached hydrogens (tertiary/aromatic N) is 6. The molecule has 0 amide bonds.